The van der Waals surface area contributed by atoms with Crippen molar-refractivity contribution in [3.63, 3.8) is 0 Å². The number of carbonyl (C=O) groups is 3. The molecule has 1 aromatic heterocycles. The fourth-order valence-electron chi connectivity index (χ4n) is 3.25. The Morgan fingerprint density at radius 1 is 1.29 bits per heavy atom. The molecule has 1 unspecified atom stereocenters. The van der Waals surface area contributed by atoms with Crippen LogP contribution in [0.25, 0.3) is 0 Å². The number of halogens is 1. The molecule has 0 aliphatic rings. The molecule has 2 rings (SSSR count). The number of benzene rings is 1. The van der Waals surface area contributed by atoms with Crippen LogP contribution >= 0.6 is 0 Å². The molecule has 1 aromatic carbocycles. The summed E-state index contributed by atoms with van der Waals surface area (Å²) in [5, 5.41) is 2.31. The summed E-state index contributed by atoms with van der Waals surface area (Å²) < 4.78 is 49.3. The van der Waals surface area contributed by atoms with E-state index in [0.29, 0.717) is 12.0 Å². The zero-order valence-corrected chi connectivity index (χ0v) is 20.2. The van der Waals surface area contributed by atoms with Crippen LogP contribution in [-0.4, -0.2) is 69.2 Å². The summed E-state index contributed by atoms with van der Waals surface area (Å²) in [5.41, 5.74) is -0.598. The van der Waals surface area contributed by atoms with Crippen LogP contribution < -0.4 is 14.8 Å². The zero-order valence-electron chi connectivity index (χ0n) is 19.4. The van der Waals surface area contributed by atoms with Crippen molar-refractivity contribution in [2.75, 3.05) is 38.1 Å². The summed E-state index contributed by atoms with van der Waals surface area (Å²) in [5.74, 6) is -2.38. The Kier molecular flexibility index (Phi) is 8.68. The number of hydrogen-bond acceptors (Lipinski definition) is 8. The standard InChI is InChI=1S/C22H26FN3O7S/c1-6-33-21-20(32-4)8-7-17(25-21)19(12-34(5,30)31)26(3)22(29)15-9-14(23)10-18(16(15)11-27)24-13(2)28/h7-11,19H,6,12H2,1-5H3,(H,24,28). The summed E-state index contributed by atoms with van der Waals surface area (Å²) in [6, 6.07) is 3.65. The molecule has 0 fully saturated rings. The molecule has 0 saturated heterocycles. The minimum Gasteiger partial charge on any atom is -0.491 e. The van der Waals surface area contributed by atoms with E-state index >= 15 is 0 Å². The predicted molar refractivity (Wildman–Crippen MR) is 123 cm³/mol. The van der Waals surface area contributed by atoms with E-state index in [4.69, 9.17) is 9.47 Å². The number of ether oxygens (including phenoxy) is 2. The van der Waals surface area contributed by atoms with Gasteiger partial charge in [-0.15, -0.1) is 0 Å². The minimum absolute atomic E-state index is 0.106. The number of amides is 2. The maximum Gasteiger partial charge on any atom is 0.257 e. The normalized spacial score (nSPS) is 11.9. The Labute approximate surface area is 197 Å². The lowest BCUT2D eigenvalue weighted by atomic mass is 10.0. The van der Waals surface area contributed by atoms with Crippen molar-refractivity contribution in [1.29, 1.82) is 0 Å². The maximum absolute atomic E-state index is 14.3. The van der Waals surface area contributed by atoms with E-state index in [2.05, 4.69) is 10.3 Å². The second-order valence-electron chi connectivity index (χ2n) is 7.41. The van der Waals surface area contributed by atoms with Crippen LogP contribution in [0.1, 0.15) is 46.3 Å². The van der Waals surface area contributed by atoms with Gasteiger partial charge in [-0.2, -0.15) is 0 Å². The van der Waals surface area contributed by atoms with E-state index in [1.807, 2.05) is 0 Å². The molecule has 10 nitrogen and oxygen atoms in total. The topological polar surface area (TPSA) is 132 Å². The number of anilines is 1. The number of aromatic nitrogens is 1. The lowest BCUT2D eigenvalue weighted by Gasteiger charge is -2.28. The second-order valence-corrected chi connectivity index (χ2v) is 9.60. The highest BCUT2D eigenvalue weighted by atomic mass is 32.2. The average Bonchev–Trinajstić information content (AvgIpc) is 2.75. The molecule has 184 valence electrons. The van der Waals surface area contributed by atoms with Gasteiger partial charge >= 0.3 is 0 Å². The monoisotopic (exact) mass is 495 g/mol. The van der Waals surface area contributed by atoms with E-state index < -0.39 is 39.3 Å². The van der Waals surface area contributed by atoms with Crippen molar-refractivity contribution < 1.29 is 36.7 Å². The van der Waals surface area contributed by atoms with E-state index in [1.165, 1.54) is 33.2 Å². The van der Waals surface area contributed by atoms with Crippen molar-refractivity contribution in [2.45, 2.75) is 19.9 Å². The highest BCUT2D eigenvalue weighted by Crippen LogP contribution is 2.31. The lowest BCUT2D eigenvalue weighted by Crippen LogP contribution is -2.36. The molecule has 1 atom stereocenters. The van der Waals surface area contributed by atoms with Gasteiger partial charge in [-0.1, -0.05) is 0 Å². The third-order valence-corrected chi connectivity index (χ3v) is 5.66. The molecular formula is C22H26FN3O7S. The van der Waals surface area contributed by atoms with Crippen LogP contribution in [0.3, 0.4) is 0 Å². The molecule has 12 heteroatoms. The van der Waals surface area contributed by atoms with Crippen molar-refractivity contribution in [1.82, 2.24) is 9.88 Å². The number of rotatable bonds is 10. The van der Waals surface area contributed by atoms with Crippen LogP contribution in [0, 0.1) is 5.82 Å². The van der Waals surface area contributed by atoms with Gasteiger partial charge in [-0.25, -0.2) is 17.8 Å². The van der Waals surface area contributed by atoms with Crippen LogP contribution in [0.15, 0.2) is 24.3 Å². The Hall–Kier alpha value is -3.54. The molecule has 0 aliphatic heterocycles. The first-order valence-corrected chi connectivity index (χ1v) is 12.2. The Bertz CT molecular complexity index is 1200. The maximum atomic E-state index is 14.3. The Balaban J connectivity index is 2.61. The van der Waals surface area contributed by atoms with Crippen LogP contribution in [0.5, 0.6) is 11.6 Å². The SMILES string of the molecule is CCOc1nc(C(CS(C)(=O)=O)N(C)C(=O)c2cc(F)cc(NC(C)=O)c2C=O)ccc1OC. The van der Waals surface area contributed by atoms with Gasteiger partial charge in [0.15, 0.2) is 12.0 Å². The number of nitrogens with zero attached hydrogens (tertiary/aromatic N) is 2. The van der Waals surface area contributed by atoms with Gasteiger partial charge in [-0.3, -0.25) is 14.4 Å². The van der Waals surface area contributed by atoms with Gasteiger partial charge in [0.2, 0.25) is 5.91 Å². The molecule has 2 aromatic rings. The summed E-state index contributed by atoms with van der Waals surface area (Å²) in [4.78, 5) is 41.9. The van der Waals surface area contributed by atoms with Crippen LogP contribution in [0.4, 0.5) is 10.1 Å². The predicted octanol–water partition coefficient (Wildman–Crippen LogP) is 2.26. The molecule has 0 bridgehead atoms. The van der Waals surface area contributed by atoms with Gasteiger partial charge < -0.3 is 19.7 Å². The first-order chi connectivity index (χ1) is 15.9. The van der Waals surface area contributed by atoms with Crippen molar-refractivity contribution >= 4 is 33.6 Å². The molecule has 0 saturated carbocycles. The molecule has 34 heavy (non-hydrogen) atoms. The molecule has 0 aliphatic carbocycles. The summed E-state index contributed by atoms with van der Waals surface area (Å²) >= 11 is 0. The zero-order chi connectivity index (χ0) is 25.6. The van der Waals surface area contributed by atoms with Gasteiger partial charge in [0, 0.05) is 20.2 Å². The number of hydrogen-bond donors (Lipinski definition) is 1. The molecule has 2 amide bonds. The van der Waals surface area contributed by atoms with Crippen LogP contribution in [0.2, 0.25) is 0 Å². The summed E-state index contributed by atoms with van der Waals surface area (Å²) in [6.45, 7) is 3.16. The quantitative estimate of drug-likeness (QED) is 0.497. The molecule has 0 radical (unpaired) electrons. The Morgan fingerprint density at radius 3 is 2.50 bits per heavy atom. The number of aldehydes is 1. The van der Waals surface area contributed by atoms with E-state index in [1.54, 1.807) is 6.92 Å². The van der Waals surface area contributed by atoms with Crippen molar-refractivity contribution in [3.05, 3.63) is 46.9 Å². The largest absolute Gasteiger partial charge is 0.491 e. The molecule has 1 N–H and O–H groups in total. The fraction of sp³-hybridized carbons (Fsp3) is 0.364. The van der Waals surface area contributed by atoms with Gasteiger partial charge in [-0.05, 0) is 31.2 Å². The summed E-state index contributed by atoms with van der Waals surface area (Å²) in [7, 11) is -0.903. The number of nitrogens with one attached hydrogen (secondary N) is 1. The van der Waals surface area contributed by atoms with Crippen molar-refractivity contribution in [3.8, 4) is 11.6 Å². The second kappa shape index (κ2) is 11.1. The molecule has 0 spiro atoms. The summed E-state index contributed by atoms with van der Waals surface area (Å²) in [6.07, 6.45) is 1.31. The lowest BCUT2D eigenvalue weighted by molar-refractivity contribution is -0.114. The van der Waals surface area contributed by atoms with E-state index in [9.17, 15) is 27.2 Å². The third-order valence-electron chi connectivity index (χ3n) is 4.74. The Morgan fingerprint density at radius 2 is 1.97 bits per heavy atom. The van der Waals surface area contributed by atoms with Crippen LogP contribution in [-0.2, 0) is 14.6 Å². The number of pyridine rings is 1. The first kappa shape index (κ1) is 26.7. The van der Waals surface area contributed by atoms with Crippen molar-refractivity contribution in [2.24, 2.45) is 0 Å². The van der Waals surface area contributed by atoms with E-state index in [-0.39, 0.29) is 35.0 Å². The average molecular weight is 496 g/mol. The van der Waals surface area contributed by atoms with Gasteiger partial charge in [0.25, 0.3) is 11.8 Å². The highest BCUT2D eigenvalue weighted by molar-refractivity contribution is 7.90. The highest BCUT2D eigenvalue weighted by Gasteiger charge is 2.30. The first-order valence-electron chi connectivity index (χ1n) is 10.1. The number of sulfone groups is 1. The smallest absolute Gasteiger partial charge is 0.257 e. The minimum atomic E-state index is -3.63. The van der Waals surface area contributed by atoms with Gasteiger partial charge in [0.05, 0.1) is 48.0 Å². The van der Waals surface area contributed by atoms with Gasteiger partial charge in [0.1, 0.15) is 15.7 Å². The molecular weight excluding hydrogens is 469 g/mol. The number of methoxy groups -OCH3 is 1. The fourth-order valence-corrected chi connectivity index (χ4v) is 4.22. The number of carbonyl (C=O) groups excluding carboxylic acids is 3. The molecule has 1 heterocycles. The third kappa shape index (κ3) is 6.50. The van der Waals surface area contributed by atoms with E-state index in [0.717, 1.165) is 23.3 Å².